The van der Waals surface area contributed by atoms with Gasteiger partial charge in [0.15, 0.2) is 0 Å². The standard InChI is InChI=1S/C13H14N2O2/c1-3-4-17-11-6-10-5-9(2)12(7-14)13(16)15(10)8-11/h5-6H,3-4,8H2,1-2H3. The SMILES string of the molecule is CCCOC1=Cc2cc(C)c(C#N)c(=O)n2C1. The van der Waals surface area contributed by atoms with Crippen molar-refractivity contribution in [1.82, 2.24) is 4.57 Å². The molecule has 0 unspecified atom stereocenters. The van der Waals surface area contributed by atoms with Gasteiger partial charge < -0.3 is 9.30 Å². The summed E-state index contributed by atoms with van der Waals surface area (Å²) in [6.07, 6.45) is 2.80. The second-order valence-corrected chi connectivity index (χ2v) is 4.09. The number of aryl methyl sites for hydroxylation is 1. The molecular formula is C13H14N2O2. The molecule has 4 nitrogen and oxygen atoms in total. The molecule has 0 aliphatic carbocycles. The summed E-state index contributed by atoms with van der Waals surface area (Å²) >= 11 is 0. The molecule has 0 saturated heterocycles. The van der Waals surface area contributed by atoms with Crippen LogP contribution in [0.3, 0.4) is 0 Å². The molecule has 0 N–H and O–H groups in total. The van der Waals surface area contributed by atoms with Gasteiger partial charge in [0.05, 0.1) is 13.2 Å². The Bertz CT molecular complexity index is 576. The molecule has 1 aliphatic rings. The molecule has 0 saturated carbocycles. The molecule has 0 fully saturated rings. The molecule has 2 rings (SSSR count). The Morgan fingerprint density at radius 1 is 1.59 bits per heavy atom. The molecule has 0 aromatic carbocycles. The van der Waals surface area contributed by atoms with E-state index in [-0.39, 0.29) is 11.1 Å². The van der Waals surface area contributed by atoms with Crippen LogP contribution in [-0.4, -0.2) is 11.2 Å². The average Bonchev–Trinajstić information content (AvgIpc) is 2.70. The van der Waals surface area contributed by atoms with Gasteiger partial charge in [-0.1, -0.05) is 6.92 Å². The quantitative estimate of drug-likeness (QED) is 0.795. The van der Waals surface area contributed by atoms with Crippen LogP contribution in [0.4, 0.5) is 0 Å². The van der Waals surface area contributed by atoms with Gasteiger partial charge in [0.2, 0.25) is 0 Å². The molecule has 0 radical (unpaired) electrons. The van der Waals surface area contributed by atoms with Crippen molar-refractivity contribution in [2.24, 2.45) is 0 Å². The number of rotatable bonds is 3. The lowest BCUT2D eigenvalue weighted by atomic mass is 10.1. The third kappa shape index (κ3) is 1.96. The molecular weight excluding hydrogens is 216 g/mol. The van der Waals surface area contributed by atoms with Gasteiger partial charge in [0.25, 0.3) is 5.56 Å². The van der Waals surface area contributed by atoms with Crippen molar-refractivity contribution in [3.05, 3.63) is 39.0 Å². The molecule has 17 heavy (non-hydrogen) atoms. The Balaban J connectivity index is 2.38. The Kier molecular flexibility index (Phi) is 3.01. The van der Waals surface area contributed by atoms with Gasteiger partial charge in [-0.15, -0.1) is 0 Å². The Morgan fingerprint density at radius 2 is 2.35 bits per heavy atom. The predicted molar refractivity (Wildman–Crippen MR) is 64.4 cm³/mol. The lowest BCUT2D eigenvalue weighted by Gasteiger charge is -2.07. The smallest absolute Gasteiger partial charge is 0.269 e. The number of aromatic nitrogens is 1. The predicted octanol–water partition coefficient (Wildman–Crippen LogP) is 1.81. The molecule has 1 aromatic heterocycles. The lowest BCUT2D eigenvalue weighted by molar-refractivity contribution is 0.204. The summed E-state index contributed by atoms with van der Waals surface area (Å²) < 4.78 is 7.10. The van der Waals surface area contributed by atoms with Crippen LogP contribution in [0, 0.1) is 18.3 Å². The number of hydrogen-bond acceptors (Lipinski definition) is 3. The fourth-order valence-corrected chi connectivity index (χ4v) is 1.90. The molecule has 4 heteroatoms. The molecule has 88 valence electrons. The summed E-state index contributed by atoms with van der Waals surface area (Å²) in [5, 5.41) is 8.93. The first-order valence-electron chi connectivity index (χ1n) is 5.65. The van der Waals surface area contributed by atoms with Crippen LogP contribution in [0.15, 0.2) is 16.6 Å². The van der Waals surface area contributed by atoms with Crippen molar-refractivity contribution in [3.8, 4) is 6.07 Å². The highest BCUT2D eigenvalue weighted by Gasteiger charge is 2.18. The van der Waals surface area contributed by atoms with Crippen LogP contribution >= 0.6 is 0 Å². The highest BCUT2D eigenvalue weighted by Crippen LogP contribution is 2.19. The number of ether oxygens (including phenoxy) is 1. The van der Waals surface area contributed by atoms with Crippen LogP contribution in [0.1, 0.15) is 30.2 Å². The van der Waals surface area contributed by atoms with Gasteiger partial charge in [0.1, 0.15) is 17.4 Å². The van der Waals surface area contributed by atoms with Crippen molar-refractivity contribution < 1.29 is 4.74 Å². The number of fused-ring (bicyclic) bond motifs is 1. The third-order valence-corrected chi connectivity index (χ3v) is 2.76. The fourth-order valence-electron chi connectivity index (χ4n) is 1.90. The van der Waals surface area contributed by atoms with Crippen molar-refractivity contribution in [2.75, 3.05) is 6.61 Å². The largest absolute Gasteiger partial charge is 0.496 e. The number of nitrogens with zero attached hydrogens (tertiary/aromatic N) is 2. The summed E-state index contributed by atoms with van der Waals surface area (Å²) in [7, 11) is 0. The molecule has 0 atom stereocenters. The molecule has 1 aromatic rings. The molecule has 0 spiro atoms. The van der Waals surface area contributed by atoms with Crippen LogP contribution in [0.5, 0.6) is 0 Å². The van der Waals surface area contributed by atoms with Crippen molar-refractivity contribution >= 4 is 6.08 Å². The van der Waals surface area contributed by atoms with E-state index in [0.717, 1.165) is 23.4 Å². The minimum absolute atomic E-state index is 0.221. The van der Waals surface area contributed by atoms with Gasteiger partial charge in [-0.05, 0) is 25.0 Å². The van der Waals surface area contributed by atoms with Crippen LogP contribution in [-0.2, 0) is 11.3 Å². The monoisotopic (exact) mass is 230 g/mol. The maximum atomic E-state index is 12.0. The van der Waals surface area contributed by atoms with Crippen LogP contribution in [0.2, 0.25) is 0 Å². The number of pyridine rings is 1. The first-order chi connectivity index (χ1) is 8.17. The average molecular weight is 230 g/mol. The number of nitriles is 1. The third-order valence-electron chi connectivity index (χ3n) is 2.76. The van der Waals surface area contributed by atoms with E-state index in [1.54, 1.807) is 11.5 Å². The molecule has 2 heterocycles. The van der Waals surface area contributed by atoms with E-state index in [2.05, 4.69) is 0 Å². The van der Waals surface area contributed by atoms with E-state index in [0.29, 0.717) is 13.2 Å². The van der Waals surface area contributed by atoms with E-state index in [1.165, 1.54) is 0 Å². The second-order valence-electron chi connectivity index (χ2n) is 4.09. The summed E-state index contributed by atoms with van der Waals surface area (Å²) in [5.41, 5.74) is 1.53. The first-order valence-corrected chi connectivity index (χ1v) is 5.65. The molecule has 0 amide bonds. The highest BCUT2D eigenvalue weighted by atomic mass is 16.5. The van der Waals surface area contributed by atoms with E-state index in [1.807, 2.05) is 25.1 Å². The highest BCUT2D eigenvalue weighted by molar-refractivity contribution is 5.54. The Hall–Kier alpha value is -2.02. The van der Waals surface area contributed by atoms with Gasteiger partial charge in [-0.2, -0.15) is 5.26 Å². The van der Waals surface area contributed by atoms with Crippen molar-refractivity contribution in [2.45, 2.75) is 26.8 Å². The van der Waals surface area contributed by atoms with E-state index in [4.69, 9.17) is 10.00 Å². The van der Waals surface area contributed by atoms with E-state index < -0.39 is 0 Å². The van der Waals surface area contributed by atoms with E-state index in [9.17, 15) is 4.79 Å². The molecule has 0 bridgehead atoms. The lowest BCUT2D eigenvalue weighted by Crippen LogP contribution is -2.24. The normalized spacial score (nSPS) is 12.9. The van der Waals surface area contributed by atoms with Crippen LogP contribution < -0.4 is 5.56 Å². The topological polar surface area (TPSA) is 55.0 Å². The van der Waals surface area contributed by atoms with Crippen molar-refractivity contribution in [1.29, 1.82) is 5.26 Å². The van der Waals surface area contributed by atoms with Gasteiger partial charge >= 0.3 is 0 Å². The summed E-state index contributed by atoms with van der Waals surface area (Å²) in [5.74, 6) is 0.790. The maximum Gasteiger partial charge on any atom is 0.269 e. The molecule has 1 aliphatic heterocycles. The minimum Gasteiger partial charge on any atom is -0.496 e. The van der Waals surface area contributed by atoms with E-state index >= 15 is 0 Å². The summed E-state index contributed by atoms with van der Waals surface area (Å²) in [6, 6.07) is 3.80. The van der Waals surface area contributed by atoms with Gasteiger partial charge in [-0.25, -0.2) is 0 Å². The zero-order chi connectivity index (χ0) is 12.4. The summed E-state index contributed by atoms with van der Waals surface area (Å²) in [6.45, 7) is 4.90. The van der Waals surface area contributed by atoms with Crippen LogP contribution in [0.25, 0.3) is 6.08 Å². The second kappa shape index (κ2) is 4.46. The van der Waals surface area contributed by atoms with Gasteiger partial charge in [-0.3, -0.25) is 4.79 Å². The summed E-state index contributed by atoms with van der Waals surface area (Å²) in [4.78, 5) is 12.0. The number of hydrogen-bond donors (Lipinski definition) is 0. The minimum atomic E-state index is -0.228. The maximum absolute atomic E-state index is 12.0. The first kappa shape index (κ1) is 11.5. The Labute approximate surface area is 99.8 Å². The number of allylic oxidation sites excluding steroid dienone is 1. The zero-order valence-electron chi connectivity index (χ0n) is 9.99. The zero-order valence-corrected chi connectivity index (χ0v) is 9.99. The van der Waals surface area contributed by atoms with Gasteiger partial charge in [0, 0.05) is 11.8 Å². The Morgan fingerprint density at radius 3 is 3.00 bits per heavy atom. The van der Waals surface area contributed by atoms with Crippen molar-refractivity contribution in [3.63, 3.8) is 0 Å². The fraction of sp³-hybridized carbons (Fsp3) is 0.385.